The first-order chi connectivity index (χ1) is 8.81. The number of aromatic nitrogens is 2. The summed E-state index contributed by atoms with van der Waals surface area (Å²) in [7, 11) is 1.87. The fourth-order valence-corrected chi connectivity index (χ4v) is 2.21. The Hall–Kier alpha value is -1.83. The molecule has 5 heteroatoms. The molecule has 0 saturated carbocycles. The zero-order chi connectivity index (χ0) is 12.8. The number of hydrogen-bond acceptors (Lipinski definition) is 5. The van der Waals surface area contributed by atoms with Crippen molar-refractivity contribution in [2.45, 2.75) is 25.7 Å². The Morgan fingerprint density at radius 2 is 2.00 bits per heavy atom. The molecular weight excluding hydrogens is 226 g/mol. The quantitative estimate of drug-likeness (QED) is 0.760. The topological polar surface area (TPSA) is 56.1 Å². The Labute approximate surface area is 108 Å². The Morgan fingerprint density at radius 1 is 1.28 bits per heavy atom. The van der Waals surface area contributed by atoms with Gasteiger partial charge in [0.2, 0.25) is 0 Å². The van der Waals surface area contributed by atoms with E-state index < -0.39 is 0 Å². The Morgan fingerprint density at radius 3 is 2.67 bits per heavy atom. The minimum absolute atomic E-state index is 0.344. The zero-order valence-electron chi connectivity index (χ0n) is 10.8. The van der Waals surface area contributed by atoms with Gasteiger partial charge in [0.1, 0.15) is 24.5 Å². The molecule has 0 atom stereocenters. The highest BCUT2D eigenvalue weighted by Gasteiger charge is 2.12. The molecule has 0 N–H and O–H groups in total. The molecule has 2 heterocycles. The average Bonchev–Trinajstić information content (AvgIpc) is 2.68. The van der Waals surface area contributed by atoms with Crippen molar-refractivity contribution in [3.8, 4) is 6.07 Å². The summed E-state index contributed by atoms with van der Waals surface area (Å²) in [5.74, 6) is 1.79. The maximum absolute atomic E-state index is 8.71. The summed E-state index contributed by atoms with van der Waals surface area (Å²) in [5.41, 5.74) is 0. The second-order valence-electron chi connectivity index (χ2n) is 4.65. The summed E-state index contributed by atoms with van der Waals surface area (Å²) in [6.45, 7) is 2.48. The molecule has 0 spiro atoms. The third-order valence-corrected chi connectivity index (χ3v) is 3.27. The second kappa shape index (κ2) is 6.20. The van der Waals surface area contributed by atoms with E-state index in [0.717, 1.165) is 24.7 Å². The maximum Gasteiger partial charge on any atom is 0.134 e. The van der Waals surface area contributed by atoms with Gasteiger partial charge in [0, 0.05) is 26.2 Å². The van der Waals surface area contributed by atoms with Crippen LogP contribution in [0.3, 0.4) is 0 Å². The van der Waals surface area contributed by atoms with E-state index in [2.05, 4.69) is 20.9 Å². The van der Waals surface area contributed by atoms with Gasteiger partial charge in [0.25, 0.3) is 0 Å². The van der Waals surface area contributed by atoms with Gasteiger partial charge in [-0.3, -0.25) is 0 Å². The highest BCUT2D eigenvalue weighted by Crippen LogP contribution is 2.20. The van der Waals surface area contributed by atoms with Crippen molar-refractivity contribution in [1.82, 2.24) is 9.97 Å². The van der Waals surface area contributed by atoms with Gasteiger partial charge in [-0.1, -0.05) is 12.8 Å². The van der Waals surface area contributed by atoms with Crippen LogP contribution in [0.4, 0.5) is 11.6 Å². The molecule has 1 aromatic rings. The third-order valence-electron chi connectivity index (χ3n) is 3.27. The van der Waals surface area contributed by atoms with Gasteiger partial charge in [-0.15, -0.1) is 0 Å². The Kier molecular flexibility index (Phi) is 4.35. The molecule has 1 aliphatic heterocycles. The summed E-state index contributed by atoms with van der Waals surface area (Å²) < 4.78 is 0. The monoisotopic (exact) mass is 245 g/mol. The van der Waals surface area contributed by atoms with E-state index in [1.54, 1.807) is 6.33 Å². The predicted octanol–water partition coefficient (Wildman–Crippen LogP) is 1.82. The SMILES string of the molecule is CN(CC#N)c1cc(N2CCCCCC2)ncn1. The van der Waals surface area contributed by atoms with E-state index in [-0.39, 0.29) is 0 Å². The van der Waals surface area contributed by atoms with E-state index in [0.29, 0.717) is 6.54 Å². The number of anilines is 2. The molecule has 2 rings (SSSR count). The largest absolute Gasteiger partial charge is 0.356 e. The van der Waals surface area contributed by atoms with Crippen molar-refractivity contribution in [3.63, 3.8) is 0 Å². The molecule has 1 aromatic heterocycles. The molecule has 1 fully saturated rings. The lowest BCUT2D eigenvalue weighted by Gasteiger charge is -2.22. The van der Waals surface area contributed by atoms with Crippen LogP contribution >= 0.6 is 0 Å². The number of hydrogen-bond donors (Lipinski definition) is 0. The average molecular weight is 245 g/mol. The third kappa shape index (κ3) is 3.10. The van der Waals surface area contributed by atoms with Crippen molar-refractivity contribution in [2.24, 2.45) is 0 Å². The van der Waals surface area contributed by atoms with E-state index in [4.69, 9.17) is 5.26 Å². The second-order valence-corrected chi connectivity index (χ2v) is 4.65. The molecule has 0 radical (unpaired) electrons. The number of nitriles is 1. The van der Waals surface area contributed by atoms with Gasteiger partial charge < -0.3 is 9.80 Å². The van der Waals surface area contributed by atoms with Crippen LogP contribution in [0, 0.1) is 11.3 Å². The van der Waals surface area contributed by atoms with Crippen LogP contribution in [-0.4, -0.2) is 36.6 Å². The van der Waals surface area contributed by atoms with Crippen LogP contribution in [0.1, 0.15) is 25.7 Å². The zero-order valence-corrected chi connectivity index (χ0v) is 10.8. The molecule has 5 nitrogen and oxygen atoms in total. The van der Waals surface area contributed by atoms with Crippen LogP contribution in [0.5, 0.6) is 0 Å². The highest BCUT2D eigenvalue weighted by atomic mass is 15.2. The Balaban J connectivity index is 2.13. The summed E-state index contributed by atoms with van der Waals surface area (Å²) in [4.78, 5) is 12.7. The lowest BCUT2D eigenvalue weighted by Crippen LogP contribution is -2.26. The standard InChI is InChI=1S/C13H19N5/c1-17(9-6-14)12-10-13(16-11-15-12)18-7-4-2-3-5-8-18/h10-11H,2-5,7-9H2,1H3. The lowest BCUT2D eigenvalue weighted by molar-refractivity contribution is 0.726. The molecule has 0 bridgehead atoms. The van der Waals surface area contributed by atoms with E-state index >= 15 is 0 Å². The molecular formula is C13H19N5. The van der Waals surface area contributed by atoms with Crippen molar-refractivity contribution in [3.05, 3.63) is 12.4 Å². The molecule has 0 aromatic carbocycles. The first kappa shape index (κ1) is 12.6. The van der Waals surface area contributed by atoms with E-state index in [9.17, 15) is 0 Å². The van der Waals surface area contributed by atoms with Crippen LogP contribution in [0.25, 0.3) is 0 Å². The predicted molar refractivity (Wildman–Crippen MR) is 71.6 cm³/mol. The first-order valence-corrected chi connectivity index (χ1v) is 6.46. The van der Waals surface area contributed by atoms with Gasteiger partial charge in [-0.05, 0) is 12.8 Å². The molecule has 18 heavy (non-hydrogen) atoms. The van der Waals surface area contributed by atoms with Gasteiger partial charge in [-0.25, -0.2) is 9.97 Å². The van der Waals surface area contributed by atoms with Crippen LogP contribution in [0.2, 0.25) is 0 Å². The fourth-order valence-electron chi connectivity index (χ4n) is 2.21. The molecule has 0 unspecified atom stereocenters. The van der Waals surface area contributed by atoms with Crippen LogP contribution in [-0.2, 0) is 0 Å². The fraction of sp³-hybridized carbons (Fsp3) is 0.615. The van der Waals surface area contributed by atoms with Gasteiger partial charge in [-0.2, -0.15) is 5.26 Å². The summed E-state index contributed by atoms with van der Waals surface area (Å²) in [6, 6.07) is 4.10. The summed E-state index contributed by atoms with van der Waals surface area (Å²) in [6.07, 6.45) is 6.66. The van der Waals surface area contributed by atoms with Crippen molar-refractivity contribution < 1.29 is 0 Å². The van der Waals surface area contributed by atoms with E-state index in [1.807, 2.05) is 18.0 Å². The van der Waals surface area contributed by atoms with Crippen molar-refractivity contribution in [2.75, 3.05) is 36.5 Å². The number of nitrogens with zero attached hydrogens (tertiary/aromatic N) is 5. The lowest BCUT2D eigenvalue weighted by atomic mass is 10.2. The normalized spacial score (nSPS) is 15.9. The van der Waals surface area contributed by atoms with Crippen LogP contribution < -0.4 is 9.80 Å². The van der Waals surface area contributed by atoms with Crippen molar-refractivity contribution in [1.29, 1.82) is 5.26 Å². The summed E-state index contributed by atoms with van der Waals surface area (Å²) in [5, 5.41) is 8.71. The first-order valence-electron chi connectivity index (χ1n) is 6.46. The van der Waals surface area contributed by atoms with Crippen molar-refractivity contribution >= 4 is 11.6 Å². The maximum atomic E-state index is 8.71. The minimum atomic E-state index is 0.344. The summed E-state index contributed by atoms with van der Waals surface area (Å²) >= 11 is 0. The molecule has 1 saturated heterocycles. The minimum Gasteiger partial charge on any atom is -0.356 e. The molecule has 96 valence electrons. The smallest absolute Gasteiger partial charge is 0.134 e. The van der Waals surface area contributed by atoms with Gasteiger partial charge in [0.05, 0.1) is 6.07 Å². The molecule has 0 amide bonds. The van der Waals surface area contributed by atoms with E-state index in [1.165, 1.54) is 25.7 Å². The highest BCUT2D eigenvalue weighted by molar-refractivity contribution is 5.50. The molecule has 0 aliphatic carbocycles. The number of rotatable bonds is 3. The van der Waals surface area contributed by atoms with Gasteiger partial charge >= 0.3 is 0 Å². The molecule has 1 aliphatic rings. The van der Waals surface area contributed by atoms with Crippen LogP contribution in [0.15, 0.2) is 12.4 Å². The van der Waals surface area contributed by atoms with Gasteiger partial charge in [0.15, 0.2) is 0 Å². The Bertz CT molecular complexity index is 418.